The lowest BCUT2D eigenvalue weighted by Crippen LogP contribution is -2.16. The third kappa shape index (κ3) is 4.51. The topological polar surface area (TPSA) is 59.1 Å². The number of benzene rings is 2. The van der Waals surface area contributed by atoms with E-state index < -0.39 is 0 Å². The summed E-state index contributed by atoms with van der Waals surface area (Å²) in [4.78, 5) is 5.60. The molecule has 0 aliphatic carbocycles. The average molecular weight is 396 g/mol. The van der Waals surface area contributed by atoms with E-state index in [4.69, 9.17) is 14.8 Å². The van der Waals surface area contributed by atoms with Crippen LogP contribution >= 0.6 is 11.3 Å². The molecule has 1 N–H and O–H groups in total. The van der Waals surface area contributed by atoms with Crippen molar-refractivity contribution in [2.75, 3.05) is 7.11 Å². The molecule has 146 valence electrons. The summed E-state index contributed by atoms with van der Waals surface area (Å²) in [6.45, 7) is 6.19. The van der Waals surface area contributed by atoms with E-state index in [2.05, 4.69) is 26.2 Å². The van der Waals surface area contributed by atoms with Gasteiger partial charge in [0.25, 0.3) is 0 Å². The molecule has 3 rings (SSSR count). The fraction of sp³-hybridized carbons (Fsp3) is 0.273. The molecule has 0 atom stereocenters. The van der Waals surface area contributed by atoms with Gasteiger partial charge in [0.05, 0.1) is 18.5 Å². The Hall–Kier alpha value is -2.86. The number of hydrogen-bond donors (Lipinski definition) is 1. The highest BCUT2D eigenvalue weighted by atomic mass is 32.1. The molecule has 0 spiro atoms. The van der Waals surface area contributed by atoms with Crippen LogP contribution in [0.25, 0.3) is 11.3 Å². The zero-order chi connectivity index (χ0) is 20.1. The summed E-state index contributed by atoms with van der Waals surface area (Å²) in [5.74, 6) is 1.07. The molecule has 5 nitrogen and oxygen atoms in total. The highest BCUT2D eigenvalue weighted by Crippen LogP contribution is 2.24. The molecule has 6 heteroatoms. The van der Waals surface area contributed by atoms with E-state index in [-0.39, 0.29) is 11.8 Å². The van der Waals surface area contributed by atoms with Crippen molar-refractivity contribution in [1.82, 2.24) is 4.68 Å². The van der Waals surface area contributed by atoms with Crippen LogP contribution in [-0.2, 0) is 0 Å². The Labute approximate surface area is 169 Å². The third-order valence-electron chi connectivity index (χ3n) is 4.20. The van der Waals surface area contributed by atoms with Gasteiger partial charge in [0.2, 0.25) is 4.80 Å². The van der Waals surface area contributed by atoms with Gasteiger partial charge in [0.15, 0.2) is 0 Å². The molecule has 0 fully saturated rings. The Morgan fingerprint density at radius 1 is 1.11 bits per heavy atom. The van der Waals surface area contributed by atoms with Gasteiger partial charge in [-0.2, -0.15) is 5.10 Å². The standard InChI is InChI=1S/C22H25N3O2S/c1-5-20(16-6-10-18(26)11-7-16)24-25-21(14-28-22(25)23-15(2)3)17-8-12-19(27-4)13-9-17/h6-15,26H,5H2,1-4H3. The van der Waals surface area contributed by atoms with E-state index in [0.717, 1.165) is 39.5 Å². The van der Waals surface area contributed by atoms with E-state index in [9.17, 15) is 5.11 Å². The summed E-state index contributed by atoms with van der Waals surface area (Å²) in [5, 5.41) is 16.6. The van der Waals surface area contributed by atoms with Gasteiger partial charge < -0.3 is 9.84 Å². The van der Waals surface area contributed by atoms with Crippen molar-refractivity contribution in [3.63, 3.8) is 0 Å². The van der Waals surface area contributed by atoms with Crippen molar-refractivity contribution in [3.05, 3.63) is 64.3 Å². The van der Waals surface area contributed by atoms with E-state index in [0.29, 0.717) is 0 Å². The number of ether oxygens (including phenoxy) is 1. The number of phenolic OH excluding ortho intramolecular Hbond substituents is 1. The molecule has 0 aliphatic rings. The van der Waals surface area contributed by atoms with Crippen molar-refractivity contribution in [3.8, 4) is 22.8 Å². The minimum Gasteiger partial charge on any atom is -0.508 e. The fourth-order valence-electron chi connectivity index (χ4n) is 2.77. The van der Waals surface area contributed by atoms with Gasteiger partial charge in [0, 0.05) is 17.0 Å². The van der Waals surface area contributed by atoms with Crippen LogP contribution in [0.4, 0.5) is 0 Å². The van der Waals surface area contributed by atoms with Crippen LogP contribution in [0.5, 0.6) is 11.5 Å². The van der Waals surface area contributed by atoms with Crippen LogP contribution in [0.3, 0.4) is 0 Å². The zero-order valence-electron chi connectivity index (χ0n) is 16.6. The van der Waals surface area contributed by atoms with Crippen LogP contribution in [0.1, 0.15) is 32.8 Å². The average Bonchev–Trinajstić information content (AvgIpc) is 3.08. The fourth-order valence-corrected chi connectivity index (χ4v) is 3.74. The molecule has 28 heavy (non-hydrogen) atoms. The lowest BCUT2D eigenvalue weighted by Gasteiger charge is -2.09. The first kappa shape index (κ1) is 19.9. The predicted molar refractivity (Wildman–Crippen MR) is 115 cm³/mol. The molecule has 1 heterocycles. The number of aromatic hydroxyl groups is 1. The van der Waals surface area contributed by atoms with Gasteiger partial charge in [-0.25, -0.2) is 4.68 Å². The summed E-state index contributed by atoms with van der Waals surface area (Å²) in [6, 6.07) is 15.2. The Bertz CT molecular complexity index is 1010. The first-order valence-electron chi connectivity index (χ1n) is 9.28. The molecule has 0 saturated carbocycles. The summed E-state index contributed by atoms with van der Waals surface area (Å²) >= 11 is 1.58. The van der Waals surface area contributed by atoms with Crippen LogP contribution in [0.2, 0.25) is 0 Å². The Morgan fingerprint density at radius 2 is 1.79 bits per heavy atom. The number of phenols is 1. The second kappa shape index (κ2) is 8.89. The molecule has 2 aromatic carbocycles. The lowest BCUT2D eigenvalue weighted by atomic mass is 10.1. The zero-order valence-corrected chi connectivity index (χ0v) is 17.4. The van der Waals surface area contributed by atoms with Crippen molar-refractivity contribution in [1.29, 1.82) is 0 Å². The summed E-state index contributed by atoms with van der Waals surface area (Å²) < 4.78 is 7.19. The molecule has 3 aromatic rings. The molecule has 0 amide bonds. The quantitative estimate of drug-likeness (QED) is 0.603. The van der Waals surface area contributed by atoms with Crippen LogP contribution in [0, 0.1) is 0 Å². The van der Waals surface area contributed by atoms with Gasteiger partial charge >= 0.3 is 0 Å². The molecule has 0 unspecified atom stereocenters. The van der Waals surface area contributed by atoms with Crippen LogP contribution < -0.4 is 9.54 Å². The highest BCUT2D eigenvalue weighted by Gasteiger charge is 2.11. The molecule has 0 bridgehead atoms. The van der Waals surface area contributed by atoms with Crippen LogP contribution in [-0.4, -0.2) is 28.6 Å². The summed E-state index contributed by atoms with van der Waals surface area (Å²) in [7, 11) is 1.66. The largest absolute Gasteiger partial charge is 0.508 e. The Balaban J connectivity index is 2.15. The SMILES string of the molecule is CCC(=Nn1c(-c2ccc(OC)cc2)csc1=NC(C)C)c1ccc(O)cc1. The van der Waals surface area contributed by atoms with Crippen LogP contribution in [0.15, 0.2) is 64.0 Å². The van der Waals surface area contributed by atoms with Gasteiger partial charge in [-0.15, -0.1) is 11.3 Å². The smallest absolute Gasteiger partial charge is 0.206 e. The van der Waals surface area contributed by atoms with Gasteiger partial charge in [-0.1, -0.05) is 6.92 Å². The Kier molecular flexibility index (Phi) is 6.31. The van der Waals surface area contributed by atoms with Gasteiger partial charge in [0.1, 0.15) is 11.5 Å². The van der Waals surface area contributed by atoms with E-state index in [1.165, 1.54) is 0 Å². The van der Waals surface area contributed by atoms with Crippen molar-refractivity contribution in [2.45, 2.75) is 33.2 Å². The predicted octanol–water partition coefficient (Wildman–Crippen LogP) is 4.90. The maximum absolute atomic E-state index is 9.58. The van der Waals surface area contributed by atoms with Crippen molar-refractivity contribution in [2.24, 2.45) is 10.1 Å². The molecular weight excluding hydrogens is 370 g/mol. The number of thiazole rings is 1. The molecular formula is C22H25N3O2S. The summed E-state index contributed by atoms with van der Waals surface area (Å²) in [5.41, 5.74) is 3.94. The Morgan fingerprint density at radius 3 is 2.36 bits per heavy atom. The van der Waals surface area contributed by atoms with E-state index >= 15 is 0 Å². The minimum atomic E-state index is 0.169. The minimum absolute atomic E-state index is 0.169. The highest BCUT2D eigenvalue weighted by molar-refractivity contribution is 7.07. The first-order chi connectivity index (χ1) is 13.5. The van der Waals surface area contributed by atoms with Crippen molar-refractivity contribution >= 4 is 17.0 Å². The number of nitrogens with zero attached hydrogens (tertiary/aromatic N) is 3. The maximum Gasteiger partial charge on any atom is 0.206 e. The lowest BCUT2D eigenvalue weighted by molar-refractivity contribution is 0.415. The van der Waals surface area contributed by atoms with E-state index in [1.807, 2.05) is 41.1 Å². The molecule has 0 radical (unpaired) electrons. The first-order valence-corrected chi connectivity index (χ1v) is 10.2. The molecule has 0 saturated heterocycles. The third-order valence-corrected chi connectivity index (χ3v) is 5.03. The normalized spacial score (nSPS) is 12.6. The number of methoxy groups -OCH3 is 1. The number of aromatic nitrogens is 1. The monoisotopic (exact) mass is 395 g/mol. The molecule has 1 aromatic heterocycles. The second-order valence-electron chi connectivity index (χ2n) is 6.61. The van der Waals surface area contributed by atoms with E-state index in [1.54, 1.807) is 30.6 Å². The van der Waals surface area contributed by atoms with Crippen molar-refractivity contribution < 1.29 is 9.84 Å². The second-order valence-corrected chi connectivity index (χ2v) is 7.45. The number of rotatable bonds is 6. The maximum atomic E-state index is 9.58. The summed E-state index contributed by atoms with van der Waals surface area (Å²) in [6.07, 6.45) is 0.761. The molecule has 0 aliphatic heterocycles. The number of hydrogen-bond acceptors (Lipinski definition) is 5. The van der Waals surface area contributed by atoms with Gasteiger partial charge in [-0.05, 0) is 74.4 Å². The van der Waals surface area contributed by atoms with Gasteiger partial charge in [-0.3, -0.25) is 4.99 Å².